The Balaban J connectivity index is 1.66. The van der Waals surface area contributed by atoms with E-state index in [1.165, 1.54) is 4.90 Å². The van der Waals surface area contributed by atoms with Crippen LogP contribution in [0.1, 0.15) is 36.1 Å². The van der Waals surface area contributed by atoms with Crippen molar-refractivity contribution in [3.05, 3.63) is 95.1 Å². The number of imide groups is 1. The number of ether oxygens (including phenoxy) is 1. The number of rotatable bonds is 2. The highest BCUT2D eigenvalue weighted by molar-refractivity contribution is 6.24. The second kappa shape index (κ2) is 5.85. The van der Waals surface area contributed by atoms with Crippen molar-refractivity contribution in [2.24, 2.45) is 11.8 Å². The van der Waals surface area contributed by atoms with E-state index in [2.05, 4.69) is 38.1 Å². The zero-order chi connectivity index (χ0) is 21.5. The molecule has 4 aliphatic rings. The van der Waals surface area contributed by atoms with Crippen LogP contribution in [-0.2, 0) is 20.4 Å². The molecule has 3 aromatic rings. The molecular formula is C27H23NO3. The van der Waals surface area contributed by atoms with Crippen LogP contribution in [0, 0.1) is 11.8 Å². The molecule has 1 aliphatic heterocycles. The van der Waals surface area contributed by atoms with Crippen LogP contribution in [0.2, 0.25) is 0 Å². The monoisotopic (exact) mass is 409 g/mol. The lowest BCUT2D eigenvalue weighted by atomic mass is 9.42. The van der Waals surface area contributed by atoms with Crippen molar-refractivity contribution < 1.29 is 14.3 Å². The Morgan fingerprint density at radius 3 is 1.48 bits per heavy atom. The third kappa shape index (κ3) is 1.92. The van der Waals surface area contributed by atoms with Gasteiger partial charge in [-0.2, -0.15) is 0 Å². The SMILES string of the molecule is COc1ccccc1N1C(=O)[C@@H]2[C@H](C1=O)C1(C)c3ccccc3C2(C)c2ccccc21. The van der Waals surface area contributed by atoms with E-state index in [4.69, 9.17) is 4.74 Å². The second-order valence-electron chi connectivity index (χ2n) is 9.13. The number of hydrogen-bond donors (Lipinski definition) is 0. The molecule has 4 nitrogen and oxygen atoms in total. The molecule has 3 aromatic carbocycles. The highest BCUT2D eigenvalue weighted by atomic mass is 16.5. The summed E-state index contributed by atoms with van der Waals surface area (Å²) in [5.41, 5.74) is 3.99. The molecule has 154 valence electrons. The Morgan fingerprint density at radius 1 is 0.677 bits per heavy atom. The molecule has 4 heteroatoms. The van der Waals surface area contributed by atoms with Gasteiger partial charge in [0, 0.05) is 10.8 Å². The molecule has 1 heterocycles. The van der Waals surface area contributed by atoms with Gasteiger partial charge in [0.05, 0.1) is 24.6 Å². The molecule has 2 amide bonds. The molecule has 0 saturated carbocycles. The van der Waals surface area contributed by atoms with Crippen molar-refractivity contribution in [3.8, 4) is 5.75 Å². The summed E-state index contributed by atoms with van der Waals surface area (Å²) < 4.78 is 5.50. The maximum atomic E-state index is 14.0. The van der Waals surface area contributed by atoms with E-state index in [9.17, 15) is 9.59 Å². The van der Waals surface area contributed by atoms with Crippen LogP contribution >= 0.6 is 0 Å². The first-order valence-corrected chi connectivity index (χ1v) is 10.7. The van der Waals surface area contributed by atoms with Gasteiger partial charge in [0.15, 0.2) is 0 Å². The zero-order valence-electron chi connectivity index (χ0n) is 17.8. The number of carbonyl (C=O) groups excluding carboxylic acids is 2. The molecule has 0 N–H and O–H groups in total. The maximum Gasteiger partial charge on any atom is 0.239 e. The summed E-state index contributed by atoms with van der Waals surface area (Å²) in [7, 11) is 1.56. The highest BCUT2D eigenvalue weighted by Gasteiger charge is 2.70. The minimum atomic E-state index is -0.570. The minimum absolute atomic E-state index is 0.141. The van der Waals surface area contributed by atoms with Gasteiger partial charge >= 0.3 is 0 Å². The molecule has 0 unspecified atom stereocenters. The van der Waals surface area contributed by atoms with Crippen molar-refractivity contribution in [2.45, 2.75) is 24.7 Å². The molecule has 0 aromatic heterocycles. The topological polar surface area (TPSA) is 46.6 Å². The number of carbonyl (C=O) groups is 2. The van der Waals surface area contributed by atoms with Crippen molar-refractivity contribution in [1.82, 2.24) is 0 Å². The number of nitrogens with zero attached hydrogens (tertiary/aromatic N) is 1. The molecule has 7 rings (SSSR count). The van der Waals surface area contributed by atoms with Crippen LogP contribution < -0.4 is 9.64 Å². The van der Waals surface area contributed by atoms with E-state index in [0.717, 1.165) is 22.3 Å². The summed E-state index contributed by atoms with van der Waals surface area (Å²) in [6.45, 7) is 4.27. The number of methoxy groups -OCH3 is 1. The van der Waals surface area contributed by atoms with Gasteiger partial charge in [0.2, 0.25) is 11.8 Å². The molecule has 0 radical (unpaired) electrons. The van der Waals surface area contributed by atoms with Crippen molar-refractivity contribution in [3.63, 3.8) is 0 Å². The summed E-state index contributed by atoms with van der Waals surface area (Å²) in [6.07, 6.45) is 0. The number of benzene rings is 3. The molecule has 0 spiro atoms. The van der Waals surface area contributed by atoms with E-state index in [-0.39, 0.29) is 11.8 Å². The molecule has 1 fully saturated rings. The van der Waals surface area contributed by atoms with E-state index in [1.54, 1.807) is 19.2 Å². The fourth-order valence-electron chi connectivity index (χ4n) is 6.62. The van der Waals surface area contributed by atoms with Crippen molar-refractivity contribution in [1.29, 1.82) is 0 Å². The number of amides is 2. The van der Waals surface area contributed by atoms with E-state index >= 15 is 0 Å². The van der Waals surface area contributed by atoms with Gasteiger partial charge < -0.3 is 4.74 Å². The maximum absolute atomic E-state index is 14.0. The quantitative estimate of drug-likeness (QED) is 0.588. The van der Waals surface area contributed by atoms with Crippen LogP contribution in [0.5, 0.6) is 5.75 Å². The van der Waals surface area contributed by atoms with Gasteiger partial charge in [-0.05, 0) is 34.4 Å². The third-order valence-corrected chi connectivity index (χ3v) is 7.97. The molecular weight excluding hydrogens is 386 g/mol. The largest absolute Gasteiger partial charge is 0.495 e. The summed E-state index contributed by atoms with van der Waals surface area (Å²) in [6, 6.07) is 23.9. The first kappa shape index (κ1) is 18.4. The third-order valence-electron chi connectivity index (χ3n) is 7.97. The van der Waals surface area contributed by atoms with Gasteiger partial charge in [-0.25, -0.2) is 4.90 Å². The predicted molar refractivity (Wildman–Crippen MR) is 118 cm³/mol. The average molecular weight is 409 g/mol. The van der Waals surface area contributed by atoms with E-state index in [1.807, 2.05) is 36.4 Å². The number of para-hydroxylation sites is 2. The summed E-state index contributed by atoms with van der Waals surface area (Å²) >= 11 is 0. The summed E-state index contributed by atoms with van der Waals surface area (Å²) in [5, 5.41) is 0. The van der Waals surface area contributed by atoms with E-state index in [0.29, 0.717) is 11.4 Å². The molecule has 3 aliphatic carbocycles. The first-order chi connectivity index (χ1) is 15.0. The van der Waals surface area contributed by atoms with Crippen molar-refractivity contribution in [2.75, 3.05) is 12.0 Å². The average Bonchev–Trinajstić information content (AvgIpc) is 3.08. The zero-order valence-corrected chi connectivity index (χ0v) is 17.8. The van der Waals surface area contributed by atoms with Gasteiger partial charge in [-0.3, -0.25) is 9.59 Å². The van der Waals surface area contributed by atoms with Crippen LogP contribution in [0.3, 0.4) is 0 Å². The standard InChI is InChI=1S/C27H23NO3/c1-26-16-10-4-6-12-18(16)27(2,19-13-7-5-11-17(19)26)23-22(26)24(29)28(25(23)30)20-14-8-9-15-21(20)31-3/h4-15,22-23H,1-3H3/t22-,23+,26?,27?. The lowest BCUT2D eigenvalue weighted by molar-refractivity contribution is -0.124. The normalized spacial score (nSPS) is 30.1. The van der Waals surface area contributed by atoms with E-state index < -0.39 is 22.7 Å². The van der Waals surface area contributed by atoms with Crippen LogP contribution in [0.15, 0.2) is 72.8 Å². The lowest BCUT2D eigenvalue weighted by Gasteiger charge is -2.57. The van der Waals surface area contributed by atoms with Crippen molar-refractivity contribution >= 4 is 17.5 Å². The second-order valence-corrected chi connectivity index (χ2v) is 9.13. The summed E-state index contributed by atoms with van der Waals surface area (Å²) in [4.78, 5) is 29.4. The van der Waals surface area contributed by atoms with Gasteiger partial charge in [-0.15, -0.1) is 0 Å². The molecule has 2 atom stereocenters. The number of anilines is 1. The molecule has 2 bridgehead atoms. The predicted octanol–water partition coefficient (Wildman–Crippen LogP) is 4.44. The Labute approximate surface area is 181 Å². The van der Waals surface area contributed by atoms with Gasteiger partial charge in [0.25, 0.3) is 0 Å². The highest BCUT2D eigenvalue weighted by Crippen LogP contribution is 2.66. The van der Waals surface area contributed by atoms with Gasteiger partial charge in [-0.1, -0.05) is 74.5 Å². The number of hydrogen-bond acceptors (Lipinski definition) is 3. The van der Waals surface area contributed by atoms with Crippen LogP contribution in [-0.4, -0.2) is 18.9 Å². The minimum Gasteiger partial charge on any atom is -0.495 e. The van der Waals surface area contributed by atoms with Crippen LogP contribution in [0.25, 0.3) is 0 Å². The lowest BCUT2D eigenvalue weighted by Crippen LogP contribution is -2.59. The van der Waals surface area contributed by atoms with Gasteiger partial charge in [0.1, 0.15) is 5.75 Å². The first-order valence-electron chi connectivity index (χ1n) is 10.7. The Bertz CT molecular complexity index is 1160. The fraction of sp³-hybridized carbons (Fsp3) is 0.259. The molecule has 1 saturated heterocycles. The smallest absolute Gasteiger partial charge is 0.239 e. The fourth-order valence-corrected chi connectivity index (χ4v) is 6.62. The molecule has 31 heavy (non-hydrogen) atoms. The van der Waals surface area contributed by atoms with Crippen LogP contribution in [0.4, 0.5) is 5.69 Å². The Morgan fingerprint density at radius 2 is 1.06 bits per heavy atom. The summed E-state index contributed by atoms with van der Waals surface area (Å²) in [5.74, 6) is -0.672. The Hall–Kier alpha value is -3.40. The Kier molecular flexibility index (Phi) is 3.47.